The average Bonchev–Trinajstić information content (AvgIpc) is 3.37. The first-order chi connectivity index (χ1) is 14.5. The molecule has 0 saturated carbocycles. The third-order valence-corrected chi connectivity index (χ3v) is 5.71. The number of thiazole rings is 1. The van der Waals surface area contributed by atoms with Gasteiger partial charge in [0, 0.05) is 41.6 Å². The predicted molar refractivity (Wildman–Crippen MR) is 118 cm³/mol. The van der Waals surface area contributed by atoms with Gasteiger partial charge in [-0.25, -0.2) is 9.97 Å². The number of hydrogen-bond donors (Lipinski definition) is 1. The van der Waals surface area contributed by atoms with Gasteiger partial charge in [0.1, 0.15) is 5.01 Å². The second-order valence-electron chi connectivity index (χ2n) is 6.62. The van der Waals surface area contributed by atoms with E-state index in [9.17, 15) is 9.59 Å². The van der Waals surface area contributed by atoms with Gasteiger partial charge in [0.25, 0.3) is 0 Å². The lowest BCUT2D eigenvalue weighted by Crippen LogP contribution is -2.15. The number of anilines is 1. The summed E-state index contributed by atoms with van der Waals surface area (Å²) >= 11 is 7.66. The van der Waals surface area contributed by atoms with Crippen LogP contribution in [-0.4, -0.2) is 26.2 Å². The van der Waals surface area contributed by atoms with Gasteiger partial charge < -0.3 is 9.88 Å². The monoisotopic (exact) mass is 436 g/mol. The maximum absolute atomic E-state index is 12.5. The van der Waals surface area contributed by atoms with Crippen LogP contribution in [0.5, 0.6) is 0 Å². The Hall–Kier alpha value is -3.29. The molecular formula is C22H17ClN4O2S. The molecule has 2 aromatic heterocycles. The summed E-state index contributed by atoms with van der Waals surface area (Å²) in [5, 5.41) is 6.09. The Kier molecular flexibility index (Phi) is 5.74. The van der Waals surface area contributed by atoms with Gasteiger partial charge in [-0.05, 0) is 30.3 Å². The van der Waals surface area contributed by atoms with Crippen molar-refractivity contribution in [1.29, 1.82) is 0 Å². The predicted octanol–water partition coefficient (Wildman–Crippen LogP) is 4.61. The lowest BCUT2D eigenvalue weighted by Gasteiger charge is -2.06. The van der Waals surface area contributed by atoms with Crippen LogP contribution in [0, 0.1) is 0 Å². The molecule has 0 unspecified atom stereocenters. The number of ketones is 1. The molecule has 0 atom stereocenters. The topological polar surface area (TPSA) is 76.9 Å². The Morgan fingerprint density at radius 2 is 1.90 bits per heavy atom. The number of carbonyl (C=O) groups is 2. The van der Waals surface area contributed by atoms with E-state index in [1.807, 2.05) is 29.6 Å². The van der Waals surface area contributed by atoms with E-state index in [1.54, 1.807) is 48.3 Å². The highest BCUT2D eigenvalue weighted by atomic mass is 35.5. The van der Waals surface area contributed by atoms with Crippen LogP contribution in [0.15, 0.2) is 66.3 Å². The molecule has 0 radical (unpaired) electrons. The summed E-state index contributed by atoms with van der Waals surface area (Å²) in [6.07, 6.45) is 3.45. The lowest BCUT2D eigenvalue weighted by atomic mass is 10.1. The zero-order valence-corrected chi connectivity index (χ0v) is 17.6. The fourth-order valence-corrected chi connectivity index (χ4v) is 4.07. The van der Waals surface area contributed by atoms with Crippen molar-refractivity contribution in [2.75, 3.05) is 5.32 Å². The molecule has 0 aliphatic heterocycles. The van der Waals surface area contributed by atoms with E-state index in [1.165, 1.54) is 11.3 Å². The molecule has 0 aliphatic rings. The Morgan fingerprint density at radius 3 is 2.60 bits per heavy atom. The molecule has 1 amide bonds. The maximum Gasteiger partial charge on any atom is 0.230 e. The molecule has 30 heavy (non-hydrogen) atoms. The van der Waals surface area contributed by atoms with Gasteiger partial charge in [-0.15, -0.1) is 11.3 Å². The molecule has 0 aliphatic carbocycles. The van der Waals surface area contributed by atoms with Gasteiger partial charge in [0.2, 0.25) is 11.7 Å². The van der Waals surface area contributed by atoms with Gasteiger partial charge in [-0.1, -0.05) is 29.8 Å². The van der Waals surface area contributed by atoms with Gasteiger partial charge in [0.15, 0.2) is 5.82 Å². The number of nitrogens with one attached hydrogen (secondary N) is 1. The van der Waals surface area contributed by atoms with E-state index < -0.39 is 0 Å². The van der Waals surface area contributed by atoms with E-state index in [-0.39, 0.29) is 18.1 Å². The number of benzene rings is 2. The van der Waals surface area contributed by atoms with Crippen LogP contribution in [0.4, 0.5) is 5.69 Å². The second-order valence-corrected chi connectivity index (χ2v) is 7.88. The minimum atomic E-state index is -0.186. The van der Waals surface area contributed by atoms with Crippen molar-refractivity contribution in [2.24, 2.45) is 7.05 Å². The summed E-state index contributed by atoms with van der Waals surface area (Å²) in [5.41, 5.74) is 2.64. The van der Waals surface area contributed by atoms with E-state index in [0.29, 0.717) is 27.8 Å². The first-order valence-corrected chi connectivity index (χ1v) is 10.4. The van der Waals surface area contributed by atoms with E-state index in [2.05, 4.69) is 15.3 Å². The Bertz CT molecular complexity index is 1210. The van der Waals surface area contributed by atoms with E-state index in [4.69, 9.17) is 11.6 Å². The van der Waals surface area contributed by atoms with Crippen molar-refractivity contribution in [3.05, 3.63) is 88.4 Å². The van der Waals surface area contributed by atoms with E-state index in [0.717, 1.165) is 10.6 Å². The highest BCUT2D eigenvalue weighted by Gasteiger charge is 2.14. The smallest absolute Gasteiger partial charge is 0.230 e. The number of nitrogens with zero attached hydrogens (tertiary/aromatic N) is 3. The molecule has 4 rings (SSSR count). The fourth-order valence-electron chi connectivity index (χ4n) is 2.93. The number of amides is 1. The van der Waals surface area contributed by atoms with Gasteiger partial charge in [-0.2, -0.15) is 0 Å². The van der Waals surface area contributed by atoms with Crippen molar-refractivity contribution in [3.8, 4) is 10.6 Å². The number of carbonyl (C=O) groups excluding carboxylic acids is 2. The molecule has 0 bridgehead atoms. The average molecular weight is 437 g/mol. The standard InChI is InChI=1S/C22H17ClN4O2S/c1-27-11-10-24-21(27)20(29)14-6-8-15(9-7-14)25-19(28)12-16-13-30-22(26-16)17-4-2-3-5-18(17)23/h2-11,13H,12H2,1H3,(H,25,28). The van der Waals surface area contributed by atoms with Crippen molar-refractivity contribution in [2.45, 2.75) is 6.42 Å². The van der Waals surface area contributed by atoms with Crippen LogP contribution in [0.2, 0.25) is 5.02 Å². The van der Waals surface area contributed by atoms with Gasteiger partial charge in [-0.3, -0.25) is 9.59 Å². The zero-order chi connectivity index (χ0) is 21.1. The minimum Gasteiger partial charge on any atom is -0.331 e. The van der Waals surface area contributed by atoms with Gasteiger partial charge >= 0.3 is 0 Å². The Balaban J connectivity index is 1.39. The van der Waals surface area contributed by atoms with Crippen LogP contribution in [0.1, 0.15) is 21.9 Å². The molecular weight excluding hydrogens is 420 g/mol. The summed E-state index contributed by atoms with van der Waals surface area (Å²) in [7, 11) is 1.77. The quantitative estimate of drug-likeness (QED) is 0.448. The molecule has 0 spiro atoms. The van der Waals surface area contributed by atoms with Crippen LogP contribution >= 0.6 is 22.9 Å². The van der Waals surface area contributed by atoms with E-state index >= 15 is 0 Å². The Labute approximate surface area is 182 Å². The fraction of sp³-hybridized carbons (Fsp3) is 0.0909. The van der Waals surface area contributed by atoms with Gasteiger partial charge in [0.05, 0.1) is 17.1 Å². The molecule has 2 heterocycles. The molecule has 1 N–H and O–H groups in total. The summed E-state index contributed by atoms with van der Waals surface area (Å²) in [4.78, 5) is 33.4. The maximum atomic E-state index is 12.5. The summed E-state index contributed by atoms with van der Waals surface area (Å²) in [6.45, 7) is 0. The SMILES string of the molecule is Cn1ccnc1C(=O)c1ccc(NC(=O)Cc2csc(-c3ccccc3Cl)n2)cc1. The van der Waals surface area contributed by atoms with Crippen LogP contribution < -0.4 is 5.32 Å². The number of aromatic nitrogens is 3. The molecule has 6 nitrogen and oxygen atoms in total. The molecule has 150 valence electrons. The van der Waals surface area contributed by atoms with Crippen molar-refractivity contribution in [3.63, 3.8) is 0 Å². The zero-order valence-electron chi connectivity index (χ0n) is 16.0. The molecule has 0 fully saturated rings. The lowest BCUT2D eigenvalue weighted by molar-refractivity contribution is -0.115. The first kappa shape index (κ1) is 20.0. The van der Waals surface area contributed by atoms with Crippen LogP contribution in [0.3, 0.4) is 0 Å². The molecule has 0 saturated heterocycles. The Morgan fingerprint density at radius 1 is 1.13 bits per heavy atom. The first-order valence-electron chi connectivity index (χ1n) is 9.12. The normalized spacial score (nSPS) is 10.7. The minimum absolute atomic E-state index is 0.148. The largest absolute Gasteiger partial charge is 0.331 e. The number of halogens is 1. The van der Waals surface area contributed by atoms with Crippen molar-refractivity contribution in [1.82, 2.24) is 14.5 Å². The summed E-state index contributed by atoms with van der Waals surface area (Å²) < 4.78 is 1.67. The third-order valence-electron chi connectivity index (χ3n) is 4.45. The number of rotatable bonds is 6. The number of hydrogen-bond acceptors (Lipinski definition) is 5. The second kappa shape index (κ2) is 8.61. The third kappa shape index (κ3) is 4.32. The summed E-state index contributed by atoms with van der Waals surface area (Å²) in [6, 6.07) is 14.2. The van der Waals surface area contributed by atoms with Crippen molar-refractivity contribution < 1.29 is 9.59 Å². The van der Waals surface area contributed by atoms with Crippen LogP contribution in [0.25, 0.3) is 10.6 Å². The summed E-state index contributed by atoms with van der Waals surface area (Å²) in [5.74, 6) is 0.00813. The molecule has 4 aromatic rings. The number of imidazole rings is 1. The van der Waals surface area contributed by atoms with Crippen molar-refractivity contribution >= 4 is 40.3 Å². The molecule has 2 aromatic carbocycles. The number of aryl methyl sites for hydroxylation is 1. The highest BCUT2D eigenvalue weighted by molar-refractivity contribution is 7.13. The van der Waals surface area contributed by atoms with Crippen LogP contribution in [-0.2, 0) is 18.3 Å². The molecule has 8 heteroatoms. The highest BCUT2D eigenvalue weighted by Crippen LogP contribution is 2.30.